The zero-order valence-electron chi connectivity index (χ0n) is 12.9. The van der Waals surface area contributed by atoms with Gasteiger partial charge in [-0.25, -0.2) is 0 Å². The summed E-state index contributed by atoms with van der Waals surface area (Å²) in [6.45, 7) is 2.25. The Morgan fingerprint density at radius 3 is 2.74 bits per heavy atom. The zero-order valence-corrected chi connectivity index (χ0v) is 12.9. The highest BCUT2D eigenvalue weighted by Gasteiger charge is 2.28. The Morgan fingerprint density at radius 1 is 1.22 bits per heavy atom. The number of rotatable bonds is 3. The second-order valence-corrected chi connectivity index (χ2v) is 5.76. The van der Waals surface area contributed by atoms with E-state index in [4.69, 9.17) is 15.2 Å². The lowest BCUT2D eigenvalue weighted by Gasteiger charge is -2.13. The molecule has 0 aliphatic carbocycles. The number of benzene rings is 1. The number of carbonyl (C=O) groups excluding carboxylic acids is 2. The highest BCUT2D eigenvalue weighted by molar-refractivity contribution is 5.92. The Bertz CT molecular complexity index is 641. The molecule has 2 aliphatic heterocycles. The number of amides is 2. The van der Waals surface area contributed by atoms with Crippen LogP contribution in [-0.4, -0.2) is 43.0 Å². The molecule has 1 saturated heterocycles. The van der Waals surface area contributed by atoms with Crippen LogP contribution in [0.25, 0.3) is 6.08 Å². The van der Waals surface area contributed by atoms with Crippen LogP contribution in [0.4, 0.5) is 0 Å². The van der Waals surface area contributed by atoms with E-state index in [0.717, 1.165) is 17.7 Å². The summed E-state index contributed by atoms with van der Waals surface area (Å²) in [5.74, 6) is 0.750. The first-order valence-electron chi connectivity index (χ1n) is 7.79. The minimum Gasteiger partial charge on any atom is -0.490 e. The van der Waals surface area contributed by atoms with Crippen molar-refractivity contribution in [3.63, 3.8) is 0 Å². The van der Waals surface area contributed by atoms with Gasteiger partial charge in [-0.3, -0.25) is 9.59 Å². The van der Waals surface area contributed by atoms with Crippen LogP contribution >= 0.6 is 0 Å². The second-order valence-electron chi connectivity index (χ2n) is 5.76. The van der Waals surface area contributed by atoms with E-state index in [1.54, 1.807) is 11.0 Å². The summed E-state index contributed by atoms with van der Waals surface area (Å²) >= 11 is 0. The van der Waals surface area contributed by atoms with Crippen LogP contribution in [0.1, 0.15) is 18.4 Å². The SMILES string of the molecule is NC(=O)[C@H]1CCN(C(=O)/C=C\c2ccc3c(c2)OCCCO3)C1. The smallest absolute Gasteiger partial charge is 0.246 e. The number of hydrogen-bond acceptors (Lipinski definition) is 4. The fourth-order valence-corrected chi connectivity index (χ4v) is 2.75. The van der Waals surface area contributed by atoms with Crippen LogP contribution in [0.15, 0.2) is 24.3 Å². The lowest BCUT2D eigenvalue weighted by atomic mass is 10.1. The fraction of sp³-hybridized carbons (Fsp3) is 0.412. The van der Waals surface area contributed by atoms with Crippen molar-refractivity contribution in [1.82, 2.24) is 4.90 Å². The molecule has 122 valence electrons. The van der Waals surface area contributed by atoms with Gasteiger partial charge in [0, 0.05) is 25.6 Å². The van der Waals surface area contributed by atoms with Crippen molar-refractivity contribution in [1.29, 1.82) is 0 Å². The highest BCUT2D eigenvalue weighted by atomic mass is 16.5. The number of primary amides is 1. The van der Waals surface area contributed by atoms with Crippen LogP contribution in [0.3, 0.4) is 0 Å². The van der Waals surface area contributed by atoms with Gasteiger partial charge in [-0.05, 0) is 30.2 Å². The van der Waals surface area contributed by atoms with Crippen LogP contribution in [0.5, 0.6) is 11.5 Å². The number of fused-ring (bicyclic) bond motifs is 1. The average Bonchev–Trinajstić information content (AvgIpc) is 2.93. The van der Waals surface area contributed by atoms with Gasteiger partial charge in [0.1, 0.15) is 0 Å². The highest BCUT2D eigenvalue weighted by Crippen LogP contribution is 2.30. The van der Waals surface area contributed by atoms with Crippen molar-refractivity contribution in [3.8, 4) is 11.5 Å². The molecule has 0 bridgehead atoms. The van der Waals surface area contributed by atoms with Crippen molar-refractivity contribution < 1.29 is 19.1 Å². The molecular weight excluding hydrogens is 296 g/mol. The van der Waals surface area contributed by atoms with E-state index in [-0.39, 0.29) is 17.7 Å². The van der Waals surface area contributed by atoms with Crippen molar-refractivity contribution in [2.75, 3.05) is 26.3 Å². The van der Waals surface area contributed by atoms with E-state index in [1.807, 2.05) is 18.2 Å². The summed E-state index contributed by atoms with van der Waals surface area (Å²) in [5, 5.41) is 0. The molecule has 6 nitrogen and oxygen atoms in total. The van der Waals surface area contributed by atoms with Crippen LogP contribution in [0.2, 0.25) is 0 Å². The molecule has 0 radical (unpaired) electrons. The number of likely N-dealkylation sites (tertiary alicyclic amines) is 1. The minimum atomic E-state index is -0.341. The lowest BCUT2D eigenvalue weighted by molar-refractivity contribution is -0.125. The van der Waals surface area contributed by atoms with Crippen LogP contribution in [-0.2, 0) is 9.59 Å². The molecule has 2 aliphatic rings. The normalized spacial score (nSPS) is 20.5. The molecule has 2 heterocycles. The standard InChI is InChI=1S/C17H20N2O4/c18-17(21)13-6-7-19(11-13)16(20)5-3-12-2-4-14-15(10-12)23-9-1-8-22-14/h2-5,10,13H,1,6-9,11H2,(H2,18,21)/b5-3-/t13-/m0/s1. The summed E-state index contributed by atoms with van der Waals surface area (Å²) in [5.41, 5.74) is 6.15. The van der Waals surface area contributed by atoms with Gasteiger partial charge < -0.3 is 20.1 Å². The van der Waals surface area contributed by atoms with Gasteiger partial charge in [-0.2, -0.15) is 0 Å². The van der Waals surface area contributed by atoms with Crippen molar-refractivity contribution in [2.24, 2.45) is 11.7 Å². The number of carbonyl (C=O) groups is 2. The maximum atomic E-state index is 12.2. The molecule has 3 rings (SSSR count). The molecule has 1 atom stereocenters. The van der Waals surface area contributed by atoms with E-state index < -0.39 is 0 Å². The Morgan fingerprint density at radius 2 is 2.00 bits per heavy atom. The quantitative estimate of drug-likeness (QED) is 0.849. The molecule has 2 N–H and O–H groups in total. The molecule has 0 aromatic heterocycles. The first-order valence-corrected chi connectivity index (χ1v) is 7.79. The maximum Gasteiger partial charge on any atom is 0.246 e. The summed E-state index contributed by atoms with van der Waals surface area (Å²) in [6.07, 6.45) is 4.75. The molecular formula is C17H20N2O4. The molecule has 1 aromatic rings. The van der Waals surface area contributed by atoms with E-state index in [0.29, 0.717) is 38.5 Å². The molecule has 0 saturated carbocycles. The molecule has 2 amide bonds. The van der Waals surface area contributed by atoms with E-state index in [1.165, 1.54) is 6.08 Å². The summed E-state index contributed by atoms with van der Waals surface area (Å²) in [4.78, 5) is 25.0. The predicted molar refractivity (Wildman–Crippen MR) is 85.0 cm³/mol. The average molecular weight is 316 g/mol. The Labute approximate surface area is 134 Å². The molecule has 1 aromatic carbocycles. The Kier molecular flexibility index (Phi) is 4.50. The van der Waals surface area contributed by atoms with E-state index >= 15 is 0 Å². The summed E-state index contributed by atoms with van der Waals surface area (Å²) < 4.78 is 11.2. The Hall–Kier alpha value is -2.50. The van der Waals surface area contributed by atoms with Crippen molar-refractivity contribution in [3.05, 3.63) is 29.8 Å². The maximum absolute atomic E-state index is 12.2. The van der Waals surface area contributed by atoms with Gasteiger partial charge in [-0.15, -0.1) is 0 Å². The van der Waals surface area contributed by atoms with Gasteiger partial charge >= 0.3 is 0 Å². The zero-order chi connectivity index (χ0) is 16.2. The lowest BCUT2D eigenvalue weighted by Crippen LogP contribution is -2.30. The fourth-order valence-electron chi connectivity index (χ4n) is 2.75. The minimum absolute atomic E-state index is 0.110. The van der Waals surface area contributed by atoms with Crippen molar-refractivity contribution in [2.45, 2.75) is 12.8 Å². The molecule has 1 fully saturated rings. The Balaban J connectivity index is 1.65. The number of ether oxygens (including phenoxy) is 2. The van der Waals surface area contributed by atoms with Crippen molar-refractivity contribution >= 4 is 17.9 Å². The van der Waals surface area contributed by atoms with Gasteiger partial charge in [0.25, 0.3) is 0 Å². The second kappa shape index (κ2) is 6.73. The first kappa shape index (κ1) is 15.4. The summed E-state index contributed by atoms with van der Waals surface area (Å²) in [7, 11) is 0. The molecule has 0 unspecified atom stereocenters. The summed E-state index contributed by atoms with van der Waals surface area (Å²) in [6, 6.07) is 5.60. The molecule has 23 heavy (non-hydrogen) atoms. The monoisotopic (exact) mass is 316 g/mol. The largest absolute Gasteiger partial charge is 0.490 e. The van der Waals surface area contributed by atoms with Crippen LogP contribution in [0, 0.1) is 5.92 Å². The first-order chi connectivity index (χ1) is 11.1. The van der Waals surface area contributed by atoms with Crippen LogP contribution < -0.4 is 15.2 Å². The van der Waals surface area contributed by atoms with E-state index in [9.17, 15) is 9.59 Å². The molecule has 6 heteroatoms. The number of hydrogen-bond donors (Lipinski definition) is 1. The van der Waals surface area contributed by atoms with Gasteiger partial charge in [0.15, 0.2) is 11.5 Å². The van der Waals surface area contributed by atoms with Gasteiger partial charge in [-0.1, -0.05) is 6.07 Å². The van der Waals surface area contributed by atoms with E-state index in [2.05, 4.69) is 0 Å². The third kappa shape index (κ3) is 3.64. The third-order valence-electron chi connectivity index (χ3n) is 4.09. The predicted octanol–water partition coefficient (Wildman–Crippen LogP) is 1.19. The number of nitrogens with two attached hydrogens (primary N) is 1. The number of nitrogens with zero attached hydrogens (tertiary/aromatic N) is 1. The molecule has 0 spiro atoms. The topological polar surface area (TPSA) is 81.9 Å². The van der Waals surface area contributed by atoms with Gasteiger partial charge in [0.05, 0.1) is 19.1 Å². The third-order valence-corrected chi connectivity index (χ3v) is 4.09. The van der Waals surface area contributed by atoms with Gasteiger partial charge in [0.2, 0.25) is 11.8 Å².